The first-order valence-electron chi connectivity index (χ1n) is 9.22. The standard InChI is InChI=1S/C22H21NO3S/c1-2-26-20(25)18-19(24)23-15-9-14-22(21(23)27-18,16-10-5-3-6-11-16)17-12-7-4-8-13-17/h3-8,10-13H,2,9,14-15H2,1H3/p+1. The molecule has 4 rings (SSSR count). The molecule has 0 amide bonds. The second kappa shape index (κ2) is 7.16. The van der Waals surface area contributed by atoms with Crippen molar-refractivity contribution in [3.8, 4) is 5.88 Å². The molecule has 1 aliphatic heterocycles. The van der Waals surface area contributed by atoms with Gasteiger partial charge in [-0.1, -0.05) is 72.0 Å². The molecule has 0 saturated carbocycles. The summed E-state index contributed by atoms with van der Waals surface area (Å²) in [4.78, 5) is 12.7. The van der Waals surface area contributed by atoms with Crippen LogP contribution in [-0.2, 0) is 16.7 Å². The van der Waals surface area contributed by atoms with Gasteiger partial charge in [-0.2, -0.15) is 4.57 Å². The summed E-state index contributed by atoms with van der Waals surface area (Å²) in [5.74, 6) is -0.443. The molecule has 1 aliphatic rings. The van der Waals surface area contributed by atoms with Gasteiger partial charge in [-0.25, -0.2) is 4.79 Å². The number of carbonyl (C=O) groups is 1. The van der Waals surface area contributed by atoms with Gasteiger partial charge in [0.2, 0.25) is 4.88 Å². The van der Waals surface area contributed by atoms with Crippen molar-refractivity contribution in [2.75, 3.05) is 6.61 Å². The van der Waals surface area contributed by atoms with Crippen LogP contribution in [0.1, 0.15) is 45.6 Å². The number of fused-ring (bicyclic) bond motifs is 1. The quantitative estimate of drug-likeness (QED) is 0.549. The predicted octanol–water partition coefficient (Wildman–Crippen LogP) is 4.05. The van der Waals surface area contributed by atoms with E-state index >= 15 is 0 Å². The summed E-state index contributed by atoms with van der Waals surface area (Å²) < 4.78 is 7.05. The van der Waals surface area contributed by atoms with Crippen molar-refractivity contribution in [2.24, 2.45) is 0 Å². The van der Waals surface area contributed by atoms with E-state index in [1.807, 2.05) is 41.0 Å². The number of hydrogen-bond donors (Lipinski definition) is 1. The Morgan fingerprint density at radius 3 is 2.26 bits per heavy atom. The van der Waals surface area contributed by atoms with Crippen molar-refractivity contribution in [2.45, 2.75) is 31.7 Å². The van der Waals surface area contributed by atoms with Crippen molar-refractivity contribution in [3.63, 3.8) is 0 Å². The molecule has 0 aliphatic carbocycles. The van der Waals surface area contributed by atoms with E-state index in [0.29, 0.717) is 6.54 Å². The number of hydrogen-bond acceptors (Lipinski definition) is 4. The zero-order valence-corrected chi connectivity index (χ0v) is 16.0. The first-order valence-corrected chi connectivity index (χ1v) is 10.0. The lowest BCUT2D eigenvalue weighted by Crippen LogP contribution is -2.49. The van der Waals surface area contributed by atoms with E-state index in [9.17, 15) is 9.90 Å². The fourth-order valence-corrected chi connectivity index (χ4v) is 5.36. The van der Waals surface area contributed by atoms with Crippen LogP contribution in [0.5, 0.6) is 5.88 Å². The Morgan fingerprint density at radius 2 is 1.70 bits per heavy atom. The van der Waals surface area contributed by atoms with Gasteiger partial charge < -0.3 is 9.84 Å². The molecule has 0 unspecified atom stereocenters. The molecule has 3 aromatic rings. The van der Waals surface area contributed by atoms with Crippen LogP contribution in [0, 0.1) is 0 Å². The minimum absolute atomic E-state index is 0.0180. The molecule has 2 aromatic carbocycles. The maximum Gasteiger partial charge on any atom is 0.392 e. The van der Waals surface area contributed by atoms with Crippen LogP contribution in [0.3, 0.4) is 0 Å². The average molecular weight is 380 g/mol. The predicted molar refractivity (Wildman–Crippen MR) is 104 cm³/mol. The Labute approximate surface area is 162 Å². The van der Waals surface area contributed by atoms with E-state index in [2.05, 4.69) is 24.3 Å². The summed E-state index contributed by atoms with van der Waals surface area (Å²) in [7, 11) is 0. The molecule has 138 valence electrons. The second-order valence-corrected chi connectivity index (χ2v) is 7.67. The third-order valence-corrected chi connectivity index (χ3v) is 6.51. The Kier molecular flexibility index (Phi) is 4.70. The fourth-order valence-electron chi connectivity index (χ4n) is 4.03. The Morgan fingerprint density at radius 1 is 1.11 bits per heavy atom. The highest BCUT2D eigenvalue weighted by Crippen LogP contribution is 2.47. The highest BCUT2D eigenvalue weighted by Gasteiger charge is 2.50. The monoisotopic (exact) mass is 380 g/mol. The largest absolute Gasteiger partial charge is 0.462 e. The van der Waals surface area contributed by atoms with Gasteiger partial charge in [0.1, 0.15) is 5.41 Å². The van der Waals surface area contributed by atoms with Crippen molar-refractivity contribution in [1.82, 2.24) is 0 Å². The van der Waals surface area contributed by atoms with E-state index in [1.165, 1.54) is 22.5 Å². The molecule has 0 saturated heterocycles. The second-order valence-electron chi connectivity index (χ2n) is 6.67. The van der Waals surface area contributed by atoms with Crippen molar-refractivity contribution < 1.29 is 19.2 Å². The number of aromatic nitrogens is 1. The zero-order chi connectivity index (χ0) is 18.9. The summed E-state index contributed by atoms with van der Waals surface area (Å²) in [6, 6.07) is 20.7. The maximum atomic E-state index is 12.4. The SMILES string of the molecule is CCOC(=O)c1sc2[n+](c1O)CCCC2(c1ccccc1)c1ccccc1. The lowest BCUT2D eigenvalue weighted by Gasteiger charge is -2.33. The van der Waals surface area contributed by atoms with E-state index in [1.54, 1.807) is 6.92 Å². The van der Waals surface area contributed by atoms with Crippen LogP contribution in [0.15, 0.2) is 60.7 Å². The van der Waals surface area contributed by atoms with Gasteiger partial charge in [0.25, 0.3) is 5.01 Å². The molecule has 0 radical (unpaired) electrons. The first-order chi connectivity index (χ1) is 13.2. The van der Waals surface area contributed by atoms with Gasteiger partial charge >= 0.3 is 11.8 Å². The molecule has 0 spiro atoms. The van der Waals surface area contributed by atoms with Gasteiger partial charge in [-0.3, -0.25) is 0 Å². The van der Waals surface area contributed by atoms with Gasteiger partial charge in [0.05, 0.1) is 6.61 Å². The van der Waals surface area contributed by atoms with E-state index in [0.717, 1.165) is 17.8 Å². The molecule has 2 heterocycles. The highest BCUT2D eigenvalue weighted by atomic mass is 32.1. The Bertz CT molecular complexity index is 911. The van der Waals surface area contributed by atoms with E-state index in [-0.39, 0.29) is 17.4 Å². The molecule has 0 fully saturated rings. The normalized spacial score (nSPS) is 15.1. The van der Waals surface area contributed by atoms with Gasteiger partial charge in [-0.05, 0) is 24.5 Å². The number of nitrogens with zero attached hydrogens (tertiary/aromatic N) is 1. The molecule has 4 nitrogen and oxygen atoms in total. The number of aromatic hydroxyl groups is 1. The van der Waals surface area contributed by atoms with Crippen molar-refractivity contribution >= 4 is 17.3 Å². The molecule has 0 bridgehead atoms. The van der Waals surface area contributed by atoms with Crippen LogP contribution in [-0.4, -0.2) is 17.7 Å². The van der Waals surface area contributed by atoms with Crippen LogP contribution < -0.4 is 4.57 Å². The van der Waals surface area contributed by atoms with E-state index < -0.39 is 11.4 Å². The number of ether oxygens (including phenoxy) is 1. The molecule has 5 heteroatoms. The maximum absolute atomic E-state index is 12.4. The van der Waals surface area contributed by atoms with Crippen LogP contribution >= 0.6 is 11.3 Å². The summed E-state index contributed by atoms with van der Waals surface area (Å²) >= 11 is 1.35. The lowest BCUT2D eigenvalue weighted by atomic mass is 9.70. The van der Waals surface area contributed by atoms with Crippen LogP contribution in [0.2, 0.25) is 0 Å². The molecule has 1 N–H and O–H groups in total. The average Bonchev–Trinajstić information content (AvgIpc) is 3.07. The Hall–Kier alpha value is -2.66. The summed E-state index contributed by atoms with van der Waals surface area (Å²) in [5, 5.41) is 11.7. The number of rotatable bonds is 4. The number of benzene rings is 2. The van der Waals surface area contributed by atoms with Gasteiger partial charge in [-0.15, -0.1) is 0 Å². The summed E-state index contributed by atoms with van der Waals surface area (Å²) in [6.45, 7) is 2.75. The summed E-state index contributed by atoms with van der Waals surface area (Å²) in [6.07, 6.45) is 1.83. The van der Waals surface area contributed by atoms with Crippen LogP contribution in [0.4, 0.5) is 0 Å². The number of carbonyl (C=O) groups excluding carboxylic acids is 1. The van der Waals surface area contributed by atoms with Crippen LogP contribution in [0.25, 0.3) is 0 Å². The third-order valence-electron chi connectivity index (χ3n) is 5.20. The molecule has 27 heavy (non-hydrogen) atoms. The molecular weight excluding hydrogens is 358 g/mol. The lowest BCUT2D eigenvalue weighted by molar-refractivity contribution is -0.712. The highest BCUT2D eigenvalue weighted by molar-refractivity contribution is 7.13. The molecule has 0 atom stereocenters. The summed E-state index contributed by atoms with van der Waals surface area (Å²) in [5.41, 5.74) is 1.94. The van der Waals surface area contributed by atoms with Gasteiger partial charge in [0.15, 0.2) is 6.54 Å². The molecule has 1 aromatic heterocycles. The van der Waals surface area contributed by atoms with Crippen molar-refractivity contribution in [3.05, 3.63) is 81.7 Å². The minimum Gasteiger partial charge on any atom is -0.462 e. The van der Waals surface area contributed by atoms with E-state index in [4.69, 9.17) is 4.74 Å². The molecular formula is C22H22NO3S+. The third kappa shape index (κ3) is 2.82. The minimum atomic E-state index is -0.461. The smallest absolute Gasteiger partial charge is 0.392 e. The van der Waals surface area contributed by atoms with Crippen molar-refractivity contribution in [1.29, 1.82) is 0 Å². The fraction of sp³-hybridized carbons (Fsp3) is 0.273. The van der Waals surface area contributed by atoms with Gasteiger partial charge in [0, 0.05) is 6.42 Å². The zero-order valence-electron chi connectivity index (χ0n) is 15.2. The first kappa shape index (κ1) is 17.7. The number of thiazole rings is 1. The number of esters is 1. The topological polar surface area (TPSA) is 50.4 Å². The Balaban J connectivity index is 1.98.